The molecule has 3 aromatic rings. The van der Waals surface area contributed by atoms with Crippen LogP contribution in [-0.4, -0.2) is 83.3 Å². The molecule has 12 heteroatoms. The number of likely N-dealkylation sites (tertiary alicyclic amines) is 1. The van der Waals surface area contributed by atoms with E-state index in [2.05, 4.69) is 6.92 Å². The van der Waals surface area contributed by atoms with Crippen molar-refractivity contribution in [3.63, 3.8) is 0 Å². The largest absolute Gasteiger partial charge is 0.493 e. The first kappa shape index (κ1) is 41.8. The van der Waals surface area contributed by atoms with Crippen molar-refractivity contribution >= 4 is 23.5 Å². The van der Waals surface area contributed by atoms with Crippen molar-refractivity contribution in [1.29, 1.82) is 0 Å². The van der Waals surface area contributed by atoms with Crippen LogP contribution in [0, 0.1) is 5.92 Å². The number of carbonyl (C=O) groups excluding carboxylic acids is 2. The van der Waals surface area contributed by atoms with E-state index >= 15 is 4.79 Å². The summed E-state index contributed by atoms with van der Waals surface area (Å²) >= 11 is 0. The number of nitrogens with zero attached hydrogens (tertiary/aromatic N) is 1. The third-order valence-corrected chi connectivity index (χ3v) is 10.1. The third-order valence-electron chi connectivity index (χ3n) is 10.1. The smallest absolute Gasteiger partial charge is 0.363 e. The van der Waals surface area contributed by atoms with Gasteiger partial charge in [0.15, 0.2) is 29.6 Å². The molecule has 4 rings (SSSR count). The zero-order valence-electron chi connectivity index (χ0n) is 33.2. The lowest BCUT2D eigenvalue weighted by molar-refractivity contribution is -0.157. The van der Waals surface area contributed by atoms with Crippen molar-refractivity contribution in [3.05, 3.63) is 65.7 Å². The summed E-state index contributed by atoms with van der Waals surface area (Å²) in [7, 11) is 7.68. The summed E-state index contributed by atoms with van der Waals surface area (Å²) in [6.45, 7) is 9.16. The van der Waals surface area contributed by atoms with Crippen LogP contribution in [0.4, 0.5) is 5.69 Å². The Morgan fingerprint density at radius 2 is 1.46 bits per heavy atom. The summed E-state index contributed by atoms with van der Waals surface area (Å²) in [6, 6.07) is 14.9. The Kier molecular flexibility index (Phi) is 13.9. The highest BCUT2D eigenvalue weighted by Crippen LogP contribution is 2.47. The number of aliphatic carboxylic acids is 1. The molecule has 54 heavy (non-hydrogen) atoms. The minimum absolute atomic E-state index is 0.0765. The van der Waals surface area contributed by atoms with Gasteiger partial charge in [-0.1, -0.05) is 26.0 Å². The Balaban J connectivity index is 1.87. The average molecular weight is 751 g/mol. The highest BCUT2D eigenvalue weighted by molar-refractivity contribution is 5.99. The summed E-state index contributed by atoms with van der Waals surface area (Å²) in [5, 5.41) is 11.2. The summed E-state index contributed by atoms with van der Waals surface area (Å²) in [6.07, 6.45) is 2.06. The molecule has 5 atom stereocenters. The minimum atomic E-state index is -1.15. The van der Waals surface area contributed by atoms with E-state index in [1.165, 1.54) is 21.3 Å². The van der Waals surface area contributed by atoms with Crippen molar-refractivity contribution < 1.29 is 52.6 Å². The van der Waals surface area contributed by atoms with E-state index in [0.29, 0.717) is 71.4 Å². The molecule has 3 unspecified atom stereocenters. The van der Waals surface area contributed by atoms with Crippen molar-refractivity contribution in [2.45, 2.75) is 83.8 Å². The van der Waals surface area contributed by atoms with E-state index in [1.807, 2.05) is 25.1 Å². The number of carboxylic acid groups (broad SMARTS) is 1. The molecule has 0 aliphatic carbocycles. The third kappa shape index (κ3) is 9.03. The second kappa shape index (κ2) is 17.9. The monoisotopic (exact) mass is 750 g/mol. The van der Waals surface area contributed by atoms with Gasteiger partial charge in [-0.15, -0.1) is 0 Å². The van der Waals surface area contributed by atoms with Gasteiger partial charge in [-0.25, -0.2) is 18.9 Å². The number of methoxy groups -OCH3 is 5. The predicted octanol–water partition coefficient (Wildman–Crippen LogP) is 7.53. The number of hydrogen-bond donors (Lipinski definition) is 1. The molecule has 1 amide bonds. The summed E-state index contributed by atoms with van der Waals surface area (Å²) in [4.78, 5) is 41.9. The molecular weight excluding hydrogens is 694 g/mol. The normalized spacial score (nSPS) is 19.5. The number of quaternary nitrogens is 1. The highest BCUT2D eigenvalue weighted by atomic mass is 16.6. The number of piperidine rings is 1. The molecular formula is C42H56NO11+. The molecule has 1 fully saturated rings. The maximum Gasteiger partial charge on any atom is 0.363 e. The van der Waals surface area contributed by atoms with Crippen LogP contribution in [0.15, 0.2) is 54.6 Å². The molecule has 0 aromatic heterocycles. The topological polar surface area (TPSA) is 136 Å². The lowest BCUT2D eigenvalue weighted by Crippen LogP contribution is -2.69. The molecule has 1 heterocycles. The lowest BCUT2D eigenvalue weighted by atomic mass is 9.77. The zero-order valence-corrected chi connectivity index (χ0v) is 33.2. The maximum atomic E-state index is 15.6. The van der Waals surface area contributed by atoms with Gasteiger partial charge in [-0.3, -0.25) is 0 Å². The van der Waals surface area contributed by atoms with Gasteiger partial charge in [-0.2, -0.15) is 0 Å². The van der Waals surface area contributed by atoms with Crippen LogP contribution in [0.1, 0.15) is 83.3 Å². The van der Waals surface area contributed by atoms with Gasteiger partial charge < -0.3 is 38.3 Å². The van der Waals surface area contributed by atoms with E-state index in [0.717, 1.165) is 5.56 Å². The van der Waals surface area contributed by atoms with Crippen LogP contribution in [0.25, 0.3) is 0 Å². The van der Waals surface area contributed by atoms with Crippen LogP contribution in [-0.2, 0) is 19.1 Å². The van der Waals surface area contributed by atoms with Crippen molar-refractivity contribution in [2.75, 3.05) is 48.7 Å². The van der Waals surface area contributed by atoms with Crippen molar-refractivity contribution in [3.8, 4) is 34.5 Å². The van der Waals surface area contributed by atoms with E-state index in [1.54, 1.807) is 71.4 Å². The molecule has 12 nitrogen and oxygen atoms in total. The van der Waals surface area contributed by atoms with E-state index in [9.17, 15) is 14.7 Å². The molecule has 1 aliphatic rings. The van der Waals surface area contributed by atoms with Crippen LogP contribution < -0.4 is 32.9 Å². The Bertz CT molecular complexity index is 1760. The van der Waals surface area contributed by atoms with Crippen LogP contribution in [0.3, 0.4) is 0 Å². The van der Waals surface area contributed by atoms with Crippen LogP contribution in [0.5, 0.6) is 34.5 Å². The van der Waals surface area contributed by atoms with Gasteiger partial charge in [0.25, 0.3) is 0 Å². The fourth-order valence-electron chi connectivity index (χ4n) is 7.78. The first-order chi connectivity index (χ1) is 25.7. The maximum absolute atomic E-state index is 15.6. The van der Waals surface area contributed by atoms with Gasteiger partial charge in [0, 0.05) is 12.0 Å². The van der Waals surface area contributed by atoms with Gasteiger partial charge >= 0.3 is 17.8 Å². The summed E-state index contributed by atoms with van der Waals surface area (Å²) < 4.78 is 38.7. The fraction of sp³-hybridized carbons (Fsp3) is 0.500. The first-order valence-electron chi connectivity index (χ1n) is 18.3. The van der Waals surface area contributed by atoms with E-state index < -0.39 is 39.9 Å². The molecule has 1 N–H and O–H groups in total. The number of esters is 1. The molecule has 1 aliphatic heterocycles. The predicted molar refractivity (Wildman–Crippen MR) is 205 cm³/mol. The number of carbonyl (C=O) groups is 3. The van der Waals surface area contributed by atoms with Gasteiger partial charge in [-0.05, 0) is 99.9 Å². The zero-order chi connectivity index (χ0) is 39.8. The number of hydrogen-bond acceptors (Lipinski definition) is 10. The SMILES string of the molecule is CCC(C(=O)[N@+]1(c2cccc(OCC(=O)OC(C)(C)C)c2)CCCC(CC(C)c2ccc(OC)c(OC)c2)[C@H]1C(=O)O)c1cc(OC)c(OC)c(OC)c1. The number of amides is 1. The standard InChI is InChI=1S/C42H55NO11/c1-11-32(29-22-35(50-8)39(52-10)36(23-29)51-9)40(45)43(30-15-12-16-31(24-30)53-25-37(44)54-42(3,4)5)19-13-14-28(38(43)41(46)47)20-26(2)27-17-18-33(48-6)34(21-27)49-7/h12,15-18,21-24,26,28,32,38H,11,13-14,19-20,25H2,1-10H3/p+1/t26?,28?,32?,38-,43-/m0/s1. The minimum Gasteiger partial charge on any atom is -0.493 e. The van der Waals surface area contributed by atoms with E-state index in [-0.39, 0.29) is 25.0 Å². The van der Waals surface area contributed by atoms with Crippen LogP contribution in [0.2, 0.25) is 0 Å². The Hall–Kier alpha value is -4.97. The average Bonchev–Trinajstić information content (AvgIpc) is 3.15. The molecule has 3 aromatic carbocycles. The lowest BCUT2D eigenvalue weighted by Gasteiger charge is -2.48. The summed E-state index contributed by atoms with van der Waals surface area (Å²) in [5.74, 6) is -0.485. The fourth-order valence-corrected chi connectivity index (χ4v) is 7.78. The first-order valence-corrected chi connectivity index (χ1v) is 18.3. The number of carboxylic acids is 1. The Labute approximate surface area is 318 Å². The molecule has 1 saturated heterocycles. The Morgan fingerprint density at radius 1 is 0.833 bits per heavy atom. The number of ether oxygens (including phenoxy) is 7. The molecule has 0 radical (unpaired) electrons. The van der Waals surface area contributed by atoms with Gasteiger partial charge in [0.05, 0.1) is 48.0 Å². The molecule has 0 saturated carbocycles. The quantitative estimate of drug-likeness (QED) is 0.115. The van der Waals surface area contributed by atoms with Gasteiger partial charge in [0.1, 0.15) is 17.0 Å². The van der Waals surface area contributed by atoms with Crippen molar-refractivity contribution in [1.82, 2.24) is 4.48 Å². The second-order valence-electron chi connectivity index (χ2n) is 14.7. The molecule has 294 valence electrons. The Morgan fingerprint density at radius 3 is 2.02 bits per heavy atom. The highest BCUT2D eigenvalue weighted by Gasteiger charge is 2.57. The summed E-state index contributed by atoms with van der Waals surface area (Å²) in [5.41, 5.74) is 1.34. The molecule has 0 spiro atoms. The molecule has 0 bridgehead atoms. The van der Waals surface area contributed by atoms with Crippen LogP contribution >= 0.6 is 0 Å². The van der Waals surface area contributed by atoms with E-state index in [4.69, 9.17) is 33.2 Å². The number of benzene rings is 3. The second-order valence-corrected chi connectivity index (χ2v) is 14.7. The number of rotatable bonds is 16. The van der Waals surface area contributed by atoms with Crippen molar-refractivity contribution in [2.24, 2.45) is 5.92 Å². The van der Waals surface area contributed by atoms with Gasteiger partial charge in [0.2, 0.25) is 11.8 Å².